The van der Waals surface area contributed by atoms with Gasteiger partial charge in [-0.15, -0.1) is 0 Å². The zero-order valence-electron chi connectivity index (χ0n) is 13.0. The lowest BCUT2D eigenvalue weighted by Gasteiger charge is -2.05. The number of benzene rings is 2. The average Bonchev–Trinajstić information content (AvgIpc) is 2.58. The molecule has 124 valence electrons. The molecule has 0 unspecified atom stereocenters. The van der Waals surface area contributed by atoms with Crippen LogP contribution in [0.1, 0.15) is 5.56 Å². The second-order valence-corrected chi connectivity index (χ2v) is 5.69. The van der Waals surface area contributed by atoms with Crippen molar-refractivity contribution in [2.75, 3.05) is 19.0 Å². The molecule has 0 saturated heterocycles. The first kappa shape index (κ1) is 17.7. The predicted octanol–water partition coefficient (Wildman–Crippen LogP) is 3.65. The molecule has 0 heterocycles. The Hall–Kier alpha value is -2.60. The normalized spacial score (nSPS) is 10.4. The molecule has 0 aliphatic heterocycles. The second kappa shape index (κ2) is 8.88. The van der Waals surface area contributed by atoms with Crippen molar-refractivity contribution in [2.24, 2.45) is 0 Å². The molecule has 2 aromatic rings. The molecule has 0 radical (unpaired) electrons. The van der Waals surface area contributed by atoms with Crippen molar-refractivity contribution < 1.29 is 19.1 Å². The van der Waals surface area contributed by atoms with Gasteiger partial charge in [0.05, 0.1) is 7.11 Å². The highest BCUT2D eigenvalue weighted by atomic mass is 79.9. The van der Waals surface area contributed by atoms with E-state index in [4.69, 9.17) is 9.47 Å². The highest BCUT2D eigenvalue weighted by Gasteiger charge is 2.06. The molecular weight excluding hydrogens is 374 g/mol. The number of rotatable bonds is 6. The van der Waals surface area contributed by atoms with Gasteiger partial charge in [-0.05, 0) is 42.0 Å². The number of halogens is 1. The van der Waals surface area contributed by atoms with E-state index in [1.54, 1.807) is 37.5 Å². The molecule has 0 aliphatic rings. The number of hydrogen-bond acceptors (Lipinski definition) is 4. The fraction of sp³-hybridized carbons (Fsp3) is 0.111. The maximum absolute atomic E-state index is 11.7. The largest absolute Gasteiger partial charge is 0.497 e. The monoisotopic (exact) mass is 389 g/mol. The van der Waals surface area contributed by atoms with Crippen LogP contribution in [0.5, 0.6) is 5.75 Å². The lowest BCUT2D eigenvalue weighted by Crippen LogP contribution is -2.20. The molecule has 0 aliphatic carbocycles. The Balaban J connectivity index is 1.81. The minimum Gasteiger partial charge on any atom is -0.497 e. The molecule has 5 nitrogen and oxygen atoms in total. The fourth-order valence-corrected chi connectivity index (χ4v) is 2.26. The number of carbonyl (C=O) groups is 2. The number of anilines is 1. The van der Waals surface area contributed by atoms with E-state index in [0.29, 0.717) is 11.4 Å². The van der Waals surface area contributed by atoms with Gasteiger partial charge in [0.15, 0.2) is 6.61 Å². The molecule has 0 saturated carbocycles. The van der Waals surface area contributed by atoms with Gasteiger partial charge in [-0.25, -0.2) is 4.79 Å². The Labute approximate surface area is 148 Å². The number of amides is 1. The van der Waals surface area contributed by atoms with Crippen LogP contribution in [0.4, 0.5) is 5.69 Å². The molecule has 2 aromatic carbocycles. The minimum atomic E-state index is -0.595. The minimum absolute atomic E-state index is 0.353. The summed E-state index contributed by atoms with van der Waals surface area (Å²) in [5, 5.41) is 2.64. The number of nitrogens with one attached hydrogen (secondary N) is 1. The maximum atomic E-state index is 11.7. The summed E-state index contributed by atoms with van der Waals surface area (Å²) < 4.78 is 10.8. The third-order valence-electron chi connectivity index (χ3n) is 2.96. The Bertz CT molecular complexity index is 758. The SMILES string of the molecule is COc1cccc(/C=C/C(=O)OCC(=O)Nc2cccc(Br)c2)c1. The first-order valence-electron chi connectivity index (χ1n) is 7.11. The van der Waals surface area contributed by atoms with Crippen molar-refractivity contribution in [1.29, 1.82) is 0 Å². The van der Waals surface area contributed by atoms with E-state index in [0.717, 1.165) is 10.0 Å². The predicted molar refractivity (Wildman–Crippen MR) is 95.8 cm³/mol. The van der Waals surface area contributed by atoms with Gasteiger partial charge in [0.25, 0.3) is 5.91 Å². The van der Waals surface area contributed by atoms with Crippen LogP contribution < -0.4 is 10.1 Å². The van der Waals surface area contributed by atoms with Crippen molar-refractivity contribution in [3.8, 4) is 5.75 Å². The van der Waals surface area contributed by atoms with Crippen molar-refractivity contribution in [3.63, 3.8) is 0 Å². The van der Waals surface area contributed by atoms with Crippen LogP contribution in [0.2, 0.25) is 0 Å². The Morgan fingerprint density at radius 1 is 1.17 bits per heavy atom. The number of carbonyl (C=O) groups excluding carboxylic acids is 2. The van der Waals surface area contributed by atoms with Crippen molar-refractivity contribution in [1.82, 2.24) is 0 Å². The third-order valence-corrected chi connectivity index (χ3v) is 3.45. The maximum Gasteiger partial charge on any atom is 0.331 e. The van der Waals surface area contributed by atoms with E-state index in [9.17, 15) is 9.59 Å². The Morgan fingerprint density at radius 3 is 2.71 bits per heavy atom. The van der Waals surface area contributed by atoms with Crippen LogP contribution in [-0.4, -0.2) is 25.6 Å². The van der Waals surface area contributed by atoms with E-state index < -0.39 is 11.9 Å². The van der Waals surface area contributed by atoms with Gasteiger partial charge in [-0.1, -0.05) is 34.1 Å². The second-order valence-electron chi connectivity index (χ2n) is 4.78. The van der Waals surface area contributed by atoms with E-state index in [1.807, 2.05) is 24.3 Å². The summed E-state index contributed by atoms with van der Waals surface area (Å²) in [4.78, 5) is 23.4. The van der Waals surface area contributed by atoms with Gasteiger partial charge in [-0.3, -0.25) is 4.79 Å². The number of hydrogen-bond donors (Lipinski definition) is 1. The molecule has 6 heteroatoms. The third kappa shape index (κ3) is 5.89. The van der Waals surface area contributed by atoms with Gasteiger partial charge in [0.1, 0.15) is 5.75 Å². The standard InChI is InChI=1S/C18H16BrNO4/c1-23-16-7-2-4-13(10-16)8-9-18(22)24-12-17(21)20-15-6-3-5-14(19)11-15/h2-11H,12H2,1H3,(H,20,21)/b9-8+. The molecule has 0 fully saturated rings. The molecule has 0 atom stereocenters. The highest BCUT2D eigenvalue weighted by molar-refractivity contribution is 9.10. The van der Waals surface area contributed by atoms with Crippen LogP contribution in [0.25, 0.3) is 6.08 Å². The molecule has 0 spiro atoms. The first-order chi connectivity index (χ1) is 11.6. The van der Waals surface area contributed by atoms with Crippen molar-refractivity contribution >= 4 is 39.6 Å². The number of methoxy groups -OCH3 is 1. The van der Waals surface area contributed by atoms with Gasteiger partial charge >= 0.3 is 5.97 Å². The Kier molecular flexibility index (Phi) is 6.57. The Morgan fingerprint density at radius 2 is 1.96 bits per heavy atom. The van der Waals surface area contributed by atoms with Crippen LogP contribution >= 0.6 is 15.9 Å². The van der Waals surface area contributed by atoms with E-state index >= 15 is 0 Å². The summed E-state index contributed by atoms with van der Waals surface area (Å²) in [6, 6.07) is 14.4. The summed E-state index contributed by atoms with van der Waals surface area (Å²) in [5.74, 6) is -0.308. The number of ether oxygens (including phenoxy) is 2. The first-order valence-corrected chi connectivity index (χ1v) is 7.90. The number of esters is 1. The van der Waals surface area contributed by atoms with Crippen LogP contribution in [0.15, 0.2) is 59.1 Å². The highest BCUT2D eigenvalue weighted by Crippen LogP contribution is 2.15. The molecular formula is C18H16BrNO4. The lowest BCUT2D eigenvalue weighted by molar-refractivity contribution is -0.142. The fourth-order valence-electron chi connectivity index (χ4n) is 1.86. The van der Waals surface area contributed by atoms with Gasteiger partial charge in [0.2, 0.25) is 0 Å². The summed E-state index contributed by atoms with van der Waals surface area (Å²) >= 11 is 3.31. The van der Waals surface area contributed by atoms with Gasteiger partial charge in [0, 0.05) is 16.2 Å². The van der Waals surface area contributed by atoms with E-state index in [2.05, 4.69) is 21.2 Å². The zero-order valence-corrected chi connectivity index (χ0v) is 14.6. The summed E-state index contributed by atoms with van der Waals surface area (Å²) in [6.45, 7) is -0.353. The van der Waals surface area contributed by atoms with Gasteiger partial charge in [-0.2, -0.15) is 0 Å². The average molecular weight is 390 g/mol. The van der Waals surface area contributed by atoms with Crippen LogP contribution in [0.3, 0.4) is 0 Å². The lowest BCUT2D eigenvalue weighted by atomic mass is 10.2. The molecule has 0 bridgehead atoms. The van der Waals surface area contributed by atoms with Crippen molar-refractivity contribution in [3.05, 3.63) is 64.6 Å². The summed E-state index contributed by atoms with van der Waals surface area (Å²) in [7, 11) is 1.57. The quantitative estimate of drug-likeness (QED) is 0.604. The zero-order chi connectivity index (χ0) is 17.4. The molecule has 24 heavy (non-hydrogen) atoms. The molecule has 0 aromatic heterocycles. The van der Waals surface area contributed by atoms with E-state index in [-0.39, 0.29) is 6.61 Å². The topological polar surface area (TPSA) is 64.6 Å². The molecule has 1 amide bonds. The van der Waals surface area contributed by atoms with Crippen LogP contribution in [-0.2, 0) is 14.3 Å². The van der Waals surface area contributed by atoms with Gasteiger partial charge < -0.3 is 14.8 Å². The summed E-state index contributed by atoms with van der Waals surface area (Å²) in [5.41, 5.74) is 1.42. The van der Waals surface area contributed by atoms with Crippen LogP contribution in [0, 0.1) is 0 Å². The van der Waals surface area contributed by atoms with E-state index in [1.165, 1.54) is 6.08 Å². The summed E-state index contributed by atoms with van der Waals surface area (Å²) in [6.07, 6.45) is 2.86. The van der Waals surface area contributed by atoms with Crippen molar-refractivity contribution in [2.45, 2.75) is 0 Å². The molecule has 2 rings (SSSR count). The molecule has 1 N–H and O–H groups in total. The smallest absolute Gasteiger partial charge is 0.331 e.